The molecule has 1 rings (SSSR count). The van der Waals surface area contributed by atoms with Crippen molar-refractivity contribution >= 4 is 5.91 Å². The Morgan fingerprint density at radius 1 is 1.21 bits per heavy atom. The molecule has 0 heterocycles. The van der Waals surface area contributed by atoms with Crippen LogP contribution < -0.4 is 0 Å². The second kappa shape index (κ2) is 7.85. The molecule has 112 valence electrons. The minimum Gasteiger partial charge on any atom is -0.392 e. The fraction of sp³-hybridized carbons (Fsp3) is 0.933. The number of carbonyl (C=O) groups excluding carboxylic acids is 1. The molecule has 0 saturated heterocycles. The molecule has 0 aliphatic heterocycles. The first-order valence-corrected chi connectivity index (χ1v) is 7.59. The lowest BCUT2D eigenvalue weighted by molar-refractivity contribution is -0.133. The molecule has 4 nitrogen and oxygen atoms in total. The van der Waals surface area contributed by atoms with Crippen LogP contribution in [-0.4, -0.2) is 59.1 Å². The molecule has 0 bridgehead atoms. The quantitative estimate of drug-likeness (QED) is 0.801. The summed E-state index contributed by atoms with van der Waals surface area (Å²) >= 11 is 0. The summed E-state index contributed by atoms with van der Waals surface area (Å²) in [5.74, 6) is 0.154. The van der Waals surface area contributed by atoms with E-state index < -0.39 is 0 Å². The molecule has 0 aromatic heterocycles. The first-order valence-electron chi connectivity index (χ1n) is 7.59. The van der Waals surface area contributed by atoms with Crippen LogP contribution in [0.2, 0.25) is 0 Å². The van der Waals surface area contributed by atoms with Gasteiger partial charge in [0.05, 0.1) is 12.6 Å². The number of amides is 1. The van der Waals surface area contributed by atoms with Gasteiger partial charge in [-0.15, -0.1) is 0 Å². The van der Waals surface area contributed by atoms with Crippen molar-refractivity contribution in [2.75, 3.05) is 20.1 Å². The summed E-state index contributed by atoms with van der Waals surface area (Å²) in [6.07, 6.45) is 5.74. The van der Waals surface area contributed by atoms with Gasteiger partial charge in [0.1, 0.15) is 0 Å². The zero-order valence-electron chi connectivity index (χ0n) is 12.9. The molecule has 4 heteroatoms. The SMILES string of the molecule is CC(O)CN(CC(=O)N(C)C(C)C)C1CCCCC1. The number of likely N-dealkylation sites (N-methyl/N-ethyl adjacent to an activating group) is 1. The van der Waals surface area contributed by atoms with Crippen LogP contribution in [0.5, 0.6) is 0 Å². The fourth-order valence-electron chi connectivity index (χ4n) is 2.70. The molecule has 19 heavy (non-hydrogen) atoms. The zero-order valence-corrected chi connectivity index (χ0v) is 12.9. The van der Waals surface area contributed by atoms with E-state index in [9.17, 15) is 9.90 Å². The predicted molar refractivity (Wildman–Crippen MR) is 78.0 cm³/mol. The van der Waals surface area contributed by atoms with Crippen molar-refractivity contribution in [1.82, 2.24) is 9.80 Å². The van der Waals surface area contributed by atoms with Crippen molar-refractivity contribution < 1.29 is 9.90 Å². The van der Waals surface area contributed by atoms with Crippen LogP contribution in [0.25, 0.3) is 0 Å². The molecule has 1 fully saturated rings. The van der Waals surface area contributed by atoms with Gasteiger partial charge in [0.25, 0.3) is 0 Å². The molecular formula is C15H30N2O2. The van der Waals surface area contributed by atoms with E-state index in [1.807, 2.05) is 20.9 Å². The van der Waals surface area contributed by atoms with Crippen molar-refractivity contribution in [3.05, 3.63) is 0 Å². The highest BCUT2D eigenvalue weighted by atomic mass is 16.3. The number of hydrogen-bond acceptors (Lipinski definition) is 3. The molecule has 1 amide bonds. The number of nitrogens with zero attached hydrogens (tertiary/aromatic N) is 2. The first kappa shape index (κ1) is 16.4. The van der Waals surface area contributed by atoms with Gasteiger partial charge in [-0.25, -0.2) is 0 Å². The number of hydrogen-bond donors (Lipinski definition) is 1. The molecule has 0 radical (unpaired) electrons. The Morgan fingerprint density at radius 3 is 2.26 bits per heavy atom. The zero-order chi connectivity index (χ0) is 14.4. The first-order chi connectivity index (χ1) is 8.91. The van der Waals surface area contributed by atoms with Gasteiger partial charge >= 0.3 is 0 Å². The average Bonchev–Trinajstić information content (AvgIpc) is 2.37. The second-order valence-electron chi connectivity index (χ2n) is 6.17. The maximum Gasteiger partial charge on any atom is 0.236 e. The van der Waals surface area contributed by atoms with E-state index in [1.165, 1.54) is 19.3 Å². The highest BCUT2D eigenvalue weighted by Gasteiger charge is 2.25. The van der Waals surface area contributed by atoms with E-state index in [-0.39, 0.29) is 18.1 Å². The Hall–Kier alpha value is -0.610. The van der Waals surface area contributed by atoms with Crippen LogP contribution in [0, 0.1) is 0 Å². The van der Waals surface area contributed by atoms with Crippen LogP contribution in [0.15, 0.2) is 0 Å². The Balaban J connectivity index is 2.60. The van der Waals surface area contributed by atoms with Gasteiger partial charge in [0.2, 0.25) is 5.91 Å². The topological polar surface area (TPSA) is 43.8 Å². The van der Waals surface area contributed by atoms with Crippen molar-refractivity contribution in [3.8, 4) is 0 Å². The Morgan fingerprint density at radius 2 is 1.79 bits per heavy atom. The van der Waals surface area contributed by atoms with Gasteiger partial charge in [-0.3, -0.25) is 9.69 Å². The monoisotopic (exact) mass is 270 g/mol. The molecule has 1 N–H and O–H groups in total. The summed E-state index contributed by atoms with van der Waals surface area (Å²) < 4.78 is 0. The van der Waals surface area contributed by atoms with Crippen molar-refractivity contribution in [2.24, 2.45) is 0 Å². The van der Waals surface area contributed by atoms with E-state index in [4.69, 9.17) is 0 Å². The van der Waals surface area contributed by atoms with Crippen molar-refractivity contribution in [1.29, 1.82) is 0 Å². The minimum absolute atomic E-state index is 0.154. The standard InChI is InChI=1S/C15H30N2O2/c1-12(2)16(4)15(19)11-17(10-13(3)18)14-8-6-5-7-9-14/h12-14,18H,5-11H2,1-4H3. The Labute approximate surface area is 117 Å². The molecule has 0 spiro atoms. The molecular weight excluding hydrogens is 240 g/mol. The summed E-state index contributed by atoms with van der Waals surface area (Å²) in [6.45, 7) is 6.88. The molecule has 0 aromatic carbocycles. The third-order valence-corrected chi connectivity index (χ3v) is 4.10. The largest absolute Gasteiger partial charge is 0.392 e. The van der Waals surface area contributed by atoms with E-state index in [2.05, 4.69) is 4.90 Å². The third kappa shape index (κ3) is 5.49. The highest BCUT2D eigenvalue weighted by Crippen LogP contribution is 2.22. The smallest absolute Gasteiger partial charge is 0.236 e. The molecule has 1 atom stereocenters. The Bertz CT molecular complexity index is 273. The molecule has 1 unspecified atom stereocenters. The number of carbonyl (C=O) groups is 1. The lowest BCUT2D eigenvalue weighted by Gasteiger charge is -2.36. The van der Waals surface area contributed by atoms with Crippen LogP contribution in [0.3, 0.4) is 0 Å². The van der Waals surface area contributed by atoms with E-state index in [0.29, 0.717) is 19.1 Å². The van der Waals surface area contributed by atoms with Crippen LogP contribution >= 0.6 is 0 Å². The normalized spacial score (nSPS) is 18.9. The fourth-order valence-corrected chi connectivity index (χ4v) is 2.70. The van der Waals surface area contributed by atoms with Gasteiger partial charge in [0, 0.05) is 25.7 Å². The molecule has 1 aliphatic carbocycles. The third-order valence-electron chi connectivity index (χ3n) is 4.10. The van der Waals surface area contributed by atoms with Gasteiger partial charge in [-0.05, 0) is 33.6 Å². The van der Waals surface area contributed by atoms with Gasteiger partial charge in [0.15, 0.2) is 0 Å². The second-order valence-corrected chi connectivity index (χ2v) is 6.17. The number of rotatable bonds is 6. The maximum absolute atomic E-state index is 12.2. The van der Waals surface area contributed by atoms with Crippen molar-refractivity contribution in [3.63, 3.8) is 0 Å². The average molecular weight is 270 g/mol. The van der Waals surface area contributed by atoms with Crippen LogP contribution in [0.1, 0.15) is 52.9 Å². The summed E-state index contributed by atoms with van der Waals surface area (Å²) in [5.41, 5.74) is 0. The van der Waals surface area contributed by atoms with Gasteiger partial charge in [-0.2, -0.15) is 0 Å². The minimum atomic E-state index is -0.376. The van der Waals surface area contributed by atoms with E-state index in [0.717, 1.165) is 12.8 Å². The number of aliphatic hydroxyl groups excluding tert-OH is 1. The van der Waals surface area contributed by atoms with Crippen LogP contribution in [0.4, 0.5) is 0 Å². The van der Waals surface area contributed by atoms with Gasteiger partial charge < -0.3 is 10.0 Å². The molecule has 1 aliphatic rings. The maximum atomic E-state index is 12.2. The molecule has 1 saturated carbocycles. The Kier molecular flexibility index (Phi) is 6.80. The lowest BCUT2D eigenvalue weighted by Crippen LogP contribution is -2.48. The van der Waals surface area contributed by atoms with Crippen molar-refractivity contribution in [2.45, 2.75) is 71.1 Å². The summed E-state index contributed by atoms with van der Waals surface area (Å²) in [5, 5.41) is 9.65. The summed E-state index contributed by atoms with van der Waals surface area (Å²) in [4.78, 5) is 16.2. The summed E-state index contributed by atoms with van der Waals surface area (Å²) in [7, 11) is 1.86. The highest BCUT2D eigenvalue weighted by molar-refractivity contribution is 5.78. The number of aliphatic hydroxyl groups is 1. The van der Waals surface area contributed by atoms with Crippen LogP contribution in [-0.2, 0) is 4.79 Å². The lowest BCUT2D eigenvalue weighted by atomic mass is 9.94. The summed E-state index contributed by atoms with van der Waals surface area (Å²) in [6, 6.07) is 0.695. The predicted octanol–water partition coefficient (Wildman–Crippen LogP) is 1.87. The van der Waals surface area contributed by atoms with E-state index >= 15 is 0 Å². The van der Waals surface area contributed by atoms with E-state index in [1.54, 1.807) is 11.8 Å². The molecule has 0 aromatic rings. The van der Waals surface area contributed by atoms with Gasteiger partial charge in [-0.1, -0.05) is 19.3 Å².